The Labute approximate surface area is 81.7 Å². The molecule has 2 nitrogen and oxygen atoms in total. The Morgan fingerprint density at radius 2 is 2.31 bits per heavy atom. The van der Waals surface area contributed by atoms with E-state index >= 15 is 0 Å². The van der Waals surface area contributed by atoms with Gasteiger partial charge in [0.05, 0.1) is 11.6 Å². The quantitative estimate of drug-likeness (QED) is 0.676. The summed E-state index contributed by atoms with van der Waals surface area (Å²) in [6.45, 7) is 1.81. The molecule has 1 aromatic carbocycles. The summed E-state index contributed by atoms with van der Waals surface area (Å²) in [6, 6.07) is 5.35. The average molecular weight is 194 g/mol. The third-order valence-electron chi connectivity index (χ3n) is 1.90. The van der Waals surface area contributed by atoms with Gasteiger partial charge in [0.2, 0.25) is 0 Å². The summed E-state index contributed by atoms with van der Waals surface area (Å²) in [5.41, 5.74) is 2.18. The van der Waals surface area contributed by atoms with Crippen LogP contribution in [0.1, 0.15) is 16.7 Å². The van der Waals surface area contributed by atoms with Crippen LogP contribution < -0.4 is 0 Å². The van der Waals surface area contributed by atoms with Crippen LogP contribution in [0.15, 0.2) is 12.1 Å². The van der Waals surface area contributed by atoms with E-state index in [2.05, 4.69) is 0 Å². The first-order chi connectivity index (χ1) is 6.19. The highest BCUT2D eigenvalue weighted by Crippen LogP contribution is 2.19. The van der Waals surface area contributed by atoms with E-state index in [9.17, 15) is 4.79 Å². The molecule has 0 heterocycles. The highest BCUT2D eigenvalue weighted by molar-refractivity contribution is 6.30. The Balaban J connectivity index is 3.28. The number of aldehydes is 1. The molecule has 0 amide bonds. The number of carbonyl (C=O) groups excluding carboxylic acids is 1. The first-order valence-corrected chi connectivity index (χ1v) is 4.19. The number of hydrogen-bond donors (Lipinski definition) is 0. The van der Waals surface area contributed by atoms with E-state index in [4.69, 9.17) is 16.9 Å². The Kier molecular flexibility index (Phi) is 3.05. The van der Waals surface area contributed by atoms with Crippen molar-refractivity contribution in [1.82, 2.24) is 0 Å². The van der Waals surface area contributed by atoms with Gasteiger partial charge in [-0.3, -0.25) is 0 Å². The van der Waals surface area contributed by atoms with Crippen molar-refractivity contribution in [2.75, 3.05) is 0 Å². The minimum absolute atomic E-state index is 0.307. The molecule has 3 heteroatoms. The lowest BCUT2D eigenvalue weighted by atomic mass is 10.0. The monoisotopic (exact) mass is 193 g/mol. The third kappa shape index (κ3) is 2.07. The third-order valence-corrected chi connectivity index (χ3v) is 2.12. The number of benzene rings is 1. The van der Waals surface area contributed by atoms with Crippen LogP contribution in [0.3, 0.4) is 0 Å². The van der Waals surface area contributed by atoms with E-state index in [-0.39, 0.29) is 0 Å². The van der Waals surface area contributed by atoms with Gasteiger partial charge in [-0.15, -0.1) is 0 Å². The van der Waals surface area contributed by atoms with E-state index in [1.807, 2.05) is 13.0 Å². The number of rotatable bonds is 2. The number of halogens is 1. The summed E-state index contributed by atoms with van der Waals surface area (Å²) in [5.74, 6) is 0. The molecule has 0 atom stereocenters. The molecule has 0 N–H and O–H groups in total. The summed E-state index contributed by atoms with van der Waals surface area (Å²) in [4.78, 5) is 10.3. The highest BCUT2D eigenvalue weighted by Gasteiger charge is 2.05. The van der Waals surface area contributed by atoms with Gasteiger partial charge in [-0.05, 0) is 30.2 Å². The maximum Gasteiger partial charge on any atom is 0.124 e. The zero-order valence-electron chi connectivity index (χ0n) is 7.17. The summed E-state index contributed by atoms with van der Waals surface area (Å²) in [6.07, 6.45) is 1.11. The molecule has 1 aromatic rings. The predicted molar refractivity (Wildman–Crippen MR) is 50.7 cm³/mol. The lowest BCUT2D eigenvalue weighted by molar-refractivity contribution is -0.107. The van der Waals surface area contributed by atoms with Crippen LogP contribution in [-0.2, 0) is 11.2 Å². The van der Waals surface area contributed by atoms with Gasteiger partial charge in [-0.25, -0.2) is 0 Å². The van der Waals surface area contributed by atoms with Crippen LogP contribution in [0.2, 0.25) is 5.02 Å². The van der Waals surface area contributed by atoms with Gasteiger partial charge < -0.3 is 4.79 Å². The molecule has 0 spiro atoms. The Morgan fingerprint density at radius 3 is 2.85 bits per heavy atom. The van der Waals surface area contributed by atoms with Crippen LogP contribution in [0.4, 0.5) is 0 Å². The van der Waals surface area contributed by atoms with Crippen LogP contribution in [0.25, 0.3) is 0 Å². The van der Waals surface area contributed by atoms with Crippen molar-refractivity contribution in [3.63, 3.8) is 0 Å². The van der Waals surface area contributed by atoms with Crippen molar-refractivity contribution < 1.29 is 4.79 Å². The van der Waals surface area contributed by atoms with Crippen molar-refractivity contribution in [3.05, 3.63) is 33.8 Å². The Bertz CT molecular complexity index is 379. The Hall–Kier alpha value is -1.33. The summed E-state index contributed by atoms with van der Waals surface area (Å²) in [5, 5.41) is 9.24. The molecule has 0 saturated heterocycles. The molecule has 13 heavy (non-hydrogen) atoms. The topological polar surface area (TPSA) is 40.9 Å². The number of nitriles is 1. The van der Waals surface area contributed by atoms with Crippen molar-refractivity contribution in [1.29, 1.82) is 5.26 Å². The van der Waals surface area contributed by atoms with Crippen LogP contribution in [-0.4, -0.2) is 6.29 Å². The van der Waals surface area contributed by atoms with Crippen LogP contribution in [0, 0.1) is 18.3 Å². The highest BCUT2D eigenvalue weighted by atomic mass is 35.5. The van der Waals surface area contributed by atoms with Gasteiger partial charge >= 0.3 is 0 Å². The van der Waals surface area contributed by atoms with Gasteiger partial charge in [0.1, 0.15) is 6.29 Å². The SMILES string of the molecule is Cc1c(C#N)cc(Cl)cc1CC=O. The zero-order chi connectivity index (χ0) is 9.84. The molecule has 0 aromatic heterocycles. The van der Waals surface area contributed by atoms with Gasteiger partial charge in [-0.1, -0.05) is 11.6 Å². The minimum atomic E-state index is 0.307. The first kappa shape index (κ1) is 9.76. The standard InChI is InChI=1S/C10H8ClNO/c1-7-8(2-3-13)4-10(11)5-9(7)6-12/h3-5H,2H2,1H3. The molecule has 0 aliphatic heterocycles. The second-order valence-corrected chi connectivity index (χ2v) is 3.16. The lowest BCUT2D eigenvalue weighted by Crippen LogP contribution is -1.94. The van der Waals surface area contributed by atoms with E-state index in [0.717, 1.165) is 17.4 Å². The Morgan fingerprint density at radius 1 is 1.62 bits per heavy atom. The van der Waals surface area contributed by atoms with Gasteiger partial charge in [0.25, 0.3) is 0 Å². The van der Waals surface area contributed by atoms with Crippen molar-refractivity contribution in [2.45, 2.75) is 13.3 Å². The minimum Gasteiger partial charge on any atom is -0.303 e. The summed E-state index contributed by atoms with van der Waals surface area (Å²) < 4.78 is 0. The van der Waals surface area contributed by atoms with E-state index in [1.54, 1.807) is 12.1 Å². The fourth-order valence-corrected chi connectivity index (χ4v) is 1.39. The van der Waals surface area contributed by atoms with Crippen LogP contribution in [0.5, 0.6) is 0 Å². The predicted octanol–water partition coefficient (Wildman–Crippen LogP) is 2.26. The number of nitrogens with zero attached hydrogens (tertiary/aromatic N) is 1. The van der Waals surface area contributed by atoms with E-state index in [0.29, 0.717) is 17.0 Å². The summed E-state index contributed by atoms with van der Waals surface area (Å²) in [7, 11) is 0. The first-order valence-electron chi connectivity index (χ1n) is 3.81. The maximum absolute atomic E-state index is 10.3. The zero-order valence-corrected chi connectivity index (χ0v) is 7.93. The second kappa shape index (κ2) is 4.06. The van der Waals surface area contributed by atoms with E-state index in [1.165, 1.54) is 0 Å². The fraction of sp³-hybridized carbons (Fsp3) is 0.200. The van der Waals surface area contributed by atoms with Crippen molar-refractivity contribution in [3.8, 4) is 6.07 Å². The van der Waals surface area contributed by atoms with Crippen molar-refractivity contribution in [2.24, 2.45) is 0 Å². The van der Waals surface area contributed by atoms with E-state index < -0.39 is 0 Å². The molecule has 0 bridgehead atoms. The molecule has 66 valence electrons. The molecular formula is C10H8ClNO. The molecule has 0 unspecified atom stereocenters. The fourth-order valence-electron chi connectivity index (χ4n) is 1.15. The number of carbonyl (C=O) groups is 1. The van der Waals surface area contributed by atoms with Gasteiger partial charge in [-0.2, -0.15) is 5.26 Å². The normalized spacial score (nSPS) is 9.31. The van der Waals surface area contributed by atoms with Gasteiger partial charge in [0, 0.05) is 11.4 Å². The van der Waals surface area contributed by atoms with Crippen LogP contribution >= 0.6 is 11.6 Å². The molecule has 0 radical (unpaired) electrons. The molecule has 0 aliphatic rings. The molecule has 1 rings (SSSR count). The lowest BCUT2D eigenvalue weighted by Gasteiger charge is -2.04. The number of hydrogen-bond acceptors (Lipinski definition) is 2. The largest absolute Gasteiger partial charge is 0.303 e. The van der Waals surface area contributed by atoms with Crippen molar-refractivity contribution >= 4 is 17.9 Å². The molecule has 0 aliphatic carbocycles. The molecular weight excluding hydrogens is 186 g/mol. The van der Waals surface area contributed by atoms with Gasteiger partial charge in [0.15, 0.2) is 0 Å². The second-order valence-electron chi connectivity index (χ2n) is 2.72. The molecule has 0 fully saturated rings. The molecule has 0 saturated carbocycles. The average Bonchev–Trinajstić information content (AvgIpc) is 2.11. The summed E-state index contributed by atoms with van der Waals surface area (Å²) >= 11 is 5.77. The maximum atomic E-state index is 10.3. The smallest absolute Gasteiger partial charge is 0.124 e.